The van der Waals surface area contributed by atoms with E-state index < -0.39 is 17.9 Å². The molecule has 1 aromatic carbocycles. The zero-order valence-corrected chi connectivity index (χ0v) is 14.0. The summed E-state index contributed by atoms with van der Waals surface area (Å²) in [5.74, 6) is -1.31. The van der Waals surface area contributed by atoms with E-state index >= 15 is 0 Å². The summed E-state index contributed by atoms with van der Waals surface area (Å²) in [6.07, 6.45) is -2.20. The van der Waals surface area contributed by atoms with Gasteiger partial charge in [0.2, 0.25) is 5.91 Å². The Morgan fingerprint density at radius 2 is 2.15 bits per heavy atom. The highest BCUT2D eigenvalue weighted by atomic mass is 19.4. The van der Waals surface area contributed by atoms with Crippen LogP contribution in [0.1, 0.15) is 0 Å². The van der Waals surface area contributed by atoms with E-state index in [0.29, 0.717) is 31.5 Å². The molecule has 0 bridgehead atoms. The molecule has 6 nitrogen and oxygen atoms in total. The molecule has 10 heteroatoms. The number of hydrogen-bond acceptors (Lipinski definition) is 4. The van der Waals surface area contributed by atoms with Crippen molar-refractivity contribution in [1.29, 1.82) is 0 Å². The van der Waals surface area contributed by atoms with Crippen molar-refractivity contribution in [3.05, 3.63) is 48.9 Å². The minimum Gasteiger partial charge on any atom is -0.406 e. The van der Waals surface area contributed by atoms with Crippen molar-refractivity contribution in [2.45, 2.75) is 12.9 Å². The van der Waals surface area contributed by atoms with Crippen LogP contribution in [-0.4, -0.2) is 35.1 Å². The van der Waals surface area contributed by atoms with Crippen LogP contribution in [-0.2, 0) is 11.3 Å². The van der Waals surface area contributed by atoms with Gasteiger partial charge in [-0.25, -0.2) is 9.07 Å². The fourth-order valence-electron chi connectivity index (χ4n) is 2.92. The van der Waals surface area contributed by atoms with Gasteiger partial charge in [-0.05, 0) is 18.2 Å². The second kappa shape index (κ2) is 7.29. The van der Waals surface area contributed by atoms with Crippen LogP contribution in [0.5, 0.6) is 5.75 Å². The largest absolute Gasteiger partial charge is 0.573 e. The number of ether oxygens (including phenoxy) is 1. The number of amides is 1. The van der Waals surface area contributed by atoms with Crippen molar-refractivity contribution in [3.8, 4) is 5.75 Å². The Hall–Kier alpha value is -3.04. The monoisotopic (exact) mass is 384 g/mol. The van der Waals surface area contributed by atoms with Crippen LogP contribution in [0.25, 0.3) is 0 Å². The number of carbonyl (C=O) groups is 1. The van der Waals surface area contributed by atoms with Crippen LogP contribution in [0, 0.1) is 11.7 Å². The SMILES string of the molecule is C=CC(=O)NC[C@@H]1CN(c2ccc(OC(F)(F)F)cc2F)c2ccnn2C1. The van der Waals surface area contributed by atoms with Crippen LogP contribution in [0.3, 0.4) is 0 Å². The van der Waals surface area contributed by atoms with E-state index in [1.807, 2.05) is 0 Å². The van der Waals surface area contributed by atoms with E-state index in [1.54, 1.807) is 21.8 Å². The molecule has 1 atom stereocenters. The highest BCUT2D eigenvalue weighted by molar-refractivity contribution is 5.86. The molecule has 3 rings (SSSR count). The third-order valence-electron chi connectivity index (χ3n) is 4.04. The molecule has 0 radical (unpaired) electrons. The Morgan fingerprint density at radius 3 is 2.81 bits per heavy atom. The molecular weight excluding hydrogens is 368 g/mol. The number of rotatable bonds is 5. The number of nitrogens with zero attached hydrogens (tertiary/aromatic N) is 3. The van der Waals surface area contributed by atoms with Crippen molar-refractivity contribution in [3.63, 3.8) is 0 Å². The summed E-state index contributed by atoms with van der Waals surface area (Å²) >= 11 is 0. The Kier molecular flexibility index (Phi) is 5.06. The lowest BCUT2D eigenvalue weighted by atomic mass is 10.1. The number of fused-ring (bicyclic) bond motifs is 1. The lowest BCUT2D eigenvalue weighted by Gasteiger charge is -2.35. The highest BCUT2D eigenvalue weighted by Gasteiger charge is 2.32. The molecule has 0 unspecified atom stereocenters. The summed E-state index contributed by atoms with van der Waals surface area (Å²) < 4.78 is 56.8. The maximum absolute atomic E-state index is 14.5. The lowest BCUT2D eigenvalue weighted by molar-refractivity contribution is -0.274. The van der Waals surface area contributed by atoms with Gasteiger partial charge in [0.15, 0.2) is 5.82 Å². The Morgan fingerprint density at radius 1 is 1.37 bits per heavy atom. The van der Waals surface area contributed by atoms with Crippen LogP contribution in [0.4, 0.5) is 29.1 Å². The summed E-state index contributed by atoms with van der Waals surface area (Å²) in [4.78, 5) is 13.0. The average Bonchev–Trinajstić information content (AvgIpc) is 3.06. The van der Waals surface area contributed by atoms with E-state index in [1.165, 1.54) is 6.07 Å². The lowest BCUT2D eigenvalue weighted by Crippen LogP contribution is -2.41. The third kappa shape index (κ3) is 4.39. The van der Waals surface area contributed by atoms with Crippen molar-refractivity contribution in [2.75, 3.05) is 18.0 Å². The van der Waals surface area contributed by atoms with Gasteiger partial charge >= 0.3 is 6.36 Å². The molecule has 1 aliphatic rings. The molecule has 1 aliphatic heterocycles. The molecule has 2 heterocycles. The normalized spacial score (nSPS) is 16.6. The Balaban J connectivity index is 1.84. The van der Waals surface area contributed by atoms with E-state index in [2.05, 4.69) is 21.7 Å². The summed E-state index contributed by atoms with van der Waals surface area (Å²) in [7, 11) is 0. The van der Waals surface area contributed by atoms with Crippen LogP contribution in [0.2, 0.25) is 0 Å². The Labute approximate surface area is 152 Å². The second-order valence-corrected chi connectivity index (χ2v) is 5.96. The van der Waals surface area contributed by atoms with Crippen molar-refractivity contribution in [1.82, 2.24) is 15.1 Å². The number of aromatic nitrogens is 2. The quantitative estimate of drug-likeness (QED) is 0.636. The molecule has 0 spiro atoms. The first-order valence-corrected chi connectivity index (χ1v) is 8.02. The van der Waals surface area contributed by atoms with Crippen molar-refractivity contribution < 1.29 is 27.1 Å². The molecule has 2 aromatic rings. The summed E-state index contributed by atoms with van der Waals surface area (Å²) in [5.41, 5.74) is 0.0889. The first kappa shape index (κ1) is 18.7. The number of hydrogen-bond donors (Lipinski definition) is 1. The van der Waals surface area contributed by atoms with E-state index in [-0.39, 0.29) is 17.5 Å². The van der Waals surface area contributed by atoms with Gasteiger partial charge < -0.3 is 15.0 Å². The number of benzene rings is 1. The predicted molar refractivity (Wildman–Crippen MR) is 89.0 cm³/mol. The van der Waals surface area contributed by atoms with Gasteiger partial charge in [0.1, 0.15) is 11.6 Å². The van der Waals surface area contributed by atoms with Crippen LogP contribution < -0.4 is 15.0 Å². The molecule has 0 aliphatic carbocycles. The molecular formula is C17H16F4N4O2. The van der Waals surface area contributed by atoms with Gasteiger partial charge in [-0.1, -0.05) is 6.58 Å². The summed E-state index contributed by atoms with van der Waals surface area (Å²) in [5, 5.41) is 6.85. The minimum absolute atomic E-state index is 0.0889. The zero-order valence-electron chi connectivity index (χ0n) is 14.0. The van der Waals surface area contributed by atoms with Crippen molar-refractivity contribution >= 4 is 17.4 Å². The topological polar surface area (TPSA) is 59.4 Å². The molecule has 144 valence electrons. The number of halogens is 4. The van der Waals surface area contributed by atoms with Crippen molar-refractivity contribution in [2.24, 2.45) is 5.92 Å². The molecule has 27 heavy (non-hydrogen) atoms. The first-order valence-electron chi connectivity index (χ1n) is 8.02. The van der Waals surface area contributed by atoms with Gasteiger partial charge in [-0.3, -0.25) is 4.79 Å². The third-order valence-corrected chi connectivity index (χ3v) is 4.04. The zero-order chi connectivity index (χ0) is 19.6. The molecule has 0 saturated heterocycles. The molecule has 1 N–H and O–H groups in total. The number of alkyl halides is 3. The van der Waals surface area contributed by atoms with Gasteiger partial charge in [0.05, 0.1) is 11.9 Å². The fourth-order valence-corrected chi connectivity index (χ4v) is 2.92. The maximum Gasteiger partial charge on any atom is 0.573 e. The maximum atomic E-state index is 14.5. The average molecular weight is 384 g/mol. The van der Waals surface area contributed by atoms with Gasteiger partial charge in [-0.2, -0.15) is 5.10 Å². The molecule has 0 fully saturated rings. The molecule has 1 aromatic heterocycles. The van der Waals surface area contributed by atoms with E-state index in [0.717, 1.165) is 12.1 Å². The number of anilines is 2. The van der Waals surface area contributed by atoms with Gasteiger partial charge in [0.25, 0.3) is 0 Å². The first-order chi connectivity index (χ1) is 12.8. The standard InChI is InChI=1S/C17H16F4N4O2/c1-2-15(26)22-8-11-9-24(16-5-6-23-25(16)10-11)14-4-3-12(7-13(14)18)27-17(19,20)21/h2-7,11H,1,8-10H2,(H,22,26)/t11-/m1/s1. The second-order valence-electron chi connectivity index (χ2n) is 5.96. The van der Waals surface area contributed by atoms with E-state index in [4.69, 9.17) is 0 Å². The van der Waals surface area contributed by atoms with Gasteiger partial charge in [-0.15, -0.1) is 13.2 Å². The van der Waals surface area contributed by atoms with E-state index in [9.17, 15) is 22.4 Å². The summed E-state index contributed by atoms with van der Waals surface area (Å²) in [6, 6.07) is 4.64. The number of carbonyl (C=O) groups excluding carboxylic acids is 1. The smallest absolute Gasteiger partial charge is 0.406 e. The van der Waals surface area contributed by atoms with Gasteiger partial charge in [0, 0.05) is 37.7 Å². The van der Waals surface area contributed by atoms with Crippen LogP contribution in [0.15, 0.2) is 43.1 Å². The number of nitrogens with one attached hydrogen (secondary N) is 1. The summed E-state index contributed by atoms with van der Waals surface area (Å²) in [6.45, 7) is 4.55. The fraction of sp³-hybridized carbons (Fsp3) is 0.294. The van der Waals surface area contributed by atoms with Crippen LogP contribution >= 0.6 is 0 Å². The predicted octanol–water partition coefficient (Wildman–Crippen LogP) is 2.99. The molecule has 1 amide bonds. The Bertz CT molecular complexity index is 850. The molecule has 0 saturated carbocycles. The minimum atomic E-state index is -4.90. The highest BCUT2D eigenvalue weighted by Crippen LogP contribution is 2.35.